The molecule has 0 atom stereocenters. The molecule has 2 aromatic rings. The molecule has 2 nitrogen and oxygen atoms in total. The van der Waals surface area contributed by atoms with Crippen molar-refractivity contribution in [2.24, 2.45) is 0 Å². The molecule has 0 amide bonds. The Hall–Kier alpha value is -2.61. The van der Waals surface area contributed by atoms with Gasteiger partial charge >= 0.3 is 0 Å². The molecule has 0 spiro atoms. The second-order valence-corrected chi connectivity index (χ2v) is 5.46. The topological polar surface area (TPSA) is 37.3 Å². The molecule has 0 radical (unpaired) electrons. The third kappa shape index (κ3) is 6.07. The third-order valence-electron chi connectivity index (χ3n) is 3.63. The van der Waals surface area contributed by atoms with Crippen LogP contribution in [0, 0.1) is 0 Å². The number of rotatable bonds is 6. The molecule has 0 bridgehead atoms. The molecular formula is C23H28O2. The van der Waals surface area contributed by atoms with Crippen LogP contribution >= 0.6 is 0 Å². The Bertz CT molecular complexity index is 740. The molecule has 0 aliphatic heterocycles. The van der Waals surface area contributed by atoms with E-state index in [0.29, 0.717) is 12.0 Å². The van der Waals surface area contributed by atoms with Gasteiger partial charge in [-0.2, -0.15) is 0 Å². The van der Waals surface area contributed by atoms with Gasteiger partial charge in [0.05, 0.1) is 0 Å². The number of phenols is 1. The van der Waals surface area contributed by atoms with Crippen LogP contribution in [0.1, 0.15) is 66.7 Å². The maximum atomic E-state index is 11.3. The Morgan fingerprint density at radius 3 is 2.44 bits per heavy atom. The van der Waals surface area contributed by atoms with Crippen LogP contribution in [0.5, 0.6) is 5.75 Å². The number of carbonyl (C=O) groups excluding carboxylic acids is 1. The Morgan fingerprint density at radius 1 is 1.08 bits per heavy atom. The van der Waals surface area contributed by atoms with Crippen molar-refractivity contribution < 1.29 is 9.90 Å². The van der Waals surface area contributed by atoms with Gasteiger partial charge in [0.25, 0.3) is 0 Å². The summed E-state index contributed by atoms with van der Waals surface area (Å²) < 4.78 is 0. The zero-order valence-electron chi connectivity index (χ0n) is 15.6. The molecule has 0 unspecified atom stereocenters. The van der Waals surface area contributed by atoms with Crippen LogP contribution in [0.2, 0.25) is 0 Å². The van der Waals surface area contributed by atoms with Gasteiger partial charge in [-0.05, 0) is 66.3 Å². The summed E-state index contributed by atoms with van der Waals surface area (Å²) in [5, 5.41) is 9.66. The van der Waals surface area contributed by atoms with Crippen LogP contribution in [0.4, 0.5) is 0 Å². The second-order valence-electron chi connectivity index (χ2n) is 5.46. The molecule has 0 saturated carbocycles. The van der Waals surface area contributed by atoms with E-state index >= 15 is 0 Å². The maximum absolute atomic E-state index is 11.3. The standard InChI is InChI=1S/C21H22O2.C2H6/c1-3-5-10-21-18(7-4-2)12-17(15-22)13-19(21)11-16-8-6-9-20(23)14-16;1-2/h4-10,12-15,23H,3,11H2,1-2H3;1-2H3/b7-4-,10-5+;. The number of benzene rings is 2. The molecule has 0 fully saturated rings. The van der Waals surface area contributed by atoms with Gasteiger partial charge in [0, 0.05) is 5.56 Å². The zero-order chi connectivity index (χ0) is 18.7. The van der Waals surface area contributed by atoms with Crippen molar-refractivity contribution in [2.75, 3.05) is 0 Å². The Labute approximate surface area is 151 Å². The van der Waals surface area contributed by atoms with Crippen molar-refractivity contribution in [3.63, 3.8) is 0 Å². The van der Waals surface area contributed by atoms with E-state index in [4.69, 9.17) is 0 Å². The summed E-state index contributed by atoms with van der Waals surface area (Å²) in [5.74, 6) is 0.258. The molecule has 2 rings (SSSR count). The summed E-state index contributed by atoms with van der Waals surface area (Å²) >= 11 is 0. The molecule has 0 aliphatic rings. The van der Waals surface area contributed by atoms with E-state index in [0.717, 1.165) is 35.0 Å². The highest BCUT2D eigenvalue weighted by Crippen LogP contribution is 2.24. The monoisotopic (exact) mass is 336 g/mol. The first-order valence-corrected chi connectivity index (χ1v) is 8.87. The van der Waals surface area contributed by atoms with Crippen LogP contribution in [-0.2, 0) is 6.42 Å². The van der Waals surface area contributed by atoms with Gasteiger partial charge in [0.15, 0.2) is 0 Å². The average Bonchev–Trinajstić information content (AvgIpc) is 2.63. The SMILES string of the molecule is C/C=C\c1cc(C=O)cc(Cc2cccc(O)c2)c1/C=C/CC.CC. The van der Waals surface area contributed by atoms with Crippen molar-refractivity contribution in [3.8, 4) is 5.75 Å². The minimum absolute atomic E-state index is 0.258. The van der Waals surface area contributed by atoms with Crippen LogP contribution in [0.15, 0.2) is 48.6 Å². The van der Waals surface area contributed by atoms with Crippen molar-refractivity contribution >= 4 is 18.4 Å². The lowest BCUT2D eigenvalue weighted by Crippen LogP contribution is -1.97. The van der Waals surface area contributed by atoms with Crippen molar-refractivity contribution in [1.29, 1.82) is 0 Å². The van der Waals surface area contributed by atoms with E-state index in [2.05, 4.69) is 19.1 Å². The largest absolute Gasteiger partial charge is 0.508 e. The summed E-state index contributed by atoms with van der Waals surface area (Å²) in [4.78, 5) is 11.3. The van der Waals surface area contributed by atoms with Gasteiger partial charge in [-0.25, -0.2) is 0 Å². The highest BCUT2D eigenvalue weighted by molar-refractivity contribution is 5.80. The minimum Gasteiger partial charge on any atom is -0.508 e. The third-order valence-corrected chi connectivity index (χ3v) is 3.63. The van der Waals surface area contributed by atoms with Gasteiger partial charge in [-0.3, -0.25) is 4.79 Å². The molecule has 0 saturated heterocycles. The van der Waals surface area contributed by atoms with E-state index in [1.165, 1.54) is 0 Å². The summed E-state index contributed by atoms with van der Waals surface area (Å²) in [6.07, 6.45) is 10.7. The first-order valence-electron chi connectivity index (χ1n) is 8.87. The first-order chi connectivity index (χ1) is 12.2. The van der Waals surface area contributed by atoms with Crippen LogP contribution in [-0.4, -0.2) is 11.4 Å². The lowest BCUT2D eigenvalue weighted by Gasteiger charge is -2.12. The fourth-order valence-corrected chi connectivity index (χ4v) is 2.62. The van der Waals surface area contributed by atoms with Crippen LogP contribution in [0.3, 0.4) is 0 Å². The van der Waals surface area contributed by atoms with Crippen LogP contribution < -0.4 is 0 Å². The first kappa shape index (κ1) is 20.4. The van der Waals surface area contributed by atoms with Gasteiger partial charge in [-0.1, -0.05) is 57.2 Å². The normalized spacial score (nSPS) is 10.7. The molecule has 0 aromatic heterocycles. The second kappa shape index (κ2) is 11.0. The number of carbonyl (C=O) groups is 1. The van der Waals surface area contributed by atoms with Crippen LogP contribution in [0.25, 0.3) is 12.2 Å². The molecule has 132 valence electrons. The van der Waals surface area contributed by atoms with E-state index in [9.17, 15) is 9.90 Å². The Morgan fingerprint density at radius 2 is 1.84 bits per heavy atom. The summed E-state index contributed by atoms with van der Waals surface area (Å²) in [7, 11) is 0. The Balaban J connectivity index is 0.00000151. The van der Waals surface area contributed by atoms with Gasteiger partial charge < -0.3 is 5.11 Å². The van der Waals surface area contributed by atoms with Crippen molar-refractivity contribution in [2.45, 2.75) is 40.5 Å². The predicted molar refractivity (Wildman–Crippen MR) is 108 cm³/mol. The van der Waals surface area contributed by atoms with Crippen molar-refractivity contribution in [1.82, 2.24) is 0 Å². The highest BCUT2D eigenvalue weighted by atomic mass is 16.3. The lowest BCUT2D eigenvalue weighted by atomic mass is 9.92. The van der Waals surface area contributed by atoms with Crippen molar-refractivity contribution in [3.05, 3.63) is 76.4 Å². The molecule has 0 aliphatic carbocycles. The van der Waals surface area contributed by atoms with E-state index in [1.54, 1.807) is 12.1 Å². The fraction of sp³-hybridized carbons (Fsp3) is 0.261. The van der Waals surface area contributed by atoms with E-state index in [-0.39, 0.29) is 5.75 Å². The molecule has 2 heteroatoms. The molecule has 0 heterocycles. The molecule has 1 N–H and O–H groups in total. The lowest BCUT2D eigenvalue weighted by molar-refractivity contribution is 0.112. The number of phenolic OH excluding ortho intramolecular Hbond substituents is 1. The quantitative estimate of drug-likeness (QED) is 0.630. The number of aromatic hydroxyl groups is 1. The maximum Gasteiger partial charge on any atom is 0.150 e. The summed E-state index contributed by atoms with van der Waals surface area (Å²) in [6, 6.07) is 11.1. The van der Waals surface area contributed by atoms with E-state index in [1.807, 2.05) is 57.2 Å². The average molecular weight is 336 g/mol. The highest BCUT2D eigenvalue weighted by Gasteiger charge is 2.08. The zero-order valence-corrected chi connectivity index (χ0v) is 15.6. The Kier molecular flexibility index (Phi) is 9.02. The number of allylic oxidation sites excluding steroid dienone is 2. The van der Waals surface area contributed by atoms with Gasteiger partial charge in [-0.15, -0.1) is 0 Å². The number of hydrogen-bond acceptors (Lipinski definition) is 2. The fourth-order valence-electron chi connectivity index (χ4n) is 2.62. The van der Waals surface area contributed by atoms with Gasteiger partial charge in [0.1, 0.15) is 12.0 Å². The summed E-state index contributed by atoms with van der Waals surface area (Å²) in [6.45, 7) is 8.07. The molecular weight excluding hydrogens is 308 g/mol. The molecule has 2 aromatic carbocycles. The number of hydrogen-bond donors (Lipinski definition) is 1. The number of aldehydes is 1. The van der Waals surface area contributed by atoms with Gasteiger partial charge in [0.2, 0.25) is 0 Å². The van der Waals surface area contributed by atoms with E-state index < -0.39 is 0 Å². The smallest absolute Gasteiger partial charge is 0.150 e. The summed E-state index contributed by atoms with van der Waals surface area (Å²) in [5.41, 5.74) is 4.93. The molecule has 25 heavy (non-hydrogen) atoms. The predicted octanol–water partition coefficient (Wildman–Crippen LogP) is 6.28. The minimum atomic E-state index is 0.258.